The molecule has 0 atom stereocenters. The number of aromatic nitrogens is 1. The molecule has 1 heterocycles. The first-order valence-electron chi connectivity index (χ1n) is 8.05. The van der Waals surface area contributed by atoms with Gasteiger partial charge < -0.3 is 5.32 Å². The number of amides is 1. The molecule has 0 bridgehead atoms. The molecule has 1 amide bonds. The van der Waals surface area contributed by atoms with Gasteiger partial charge in [-0.05, 0) is 42.3 Å². The number of thioether (sulfide) groups is 1. The van der Waals surface area contributed by atoms with Gasteiger partial charge in [-0.1, -0.05) is 36.0 Å². The molecule has 0 saturated heterocycles. The summed E-state index contributed by atoms with van der Waals surface area (Å²) in [6, 6.07) is 16.9. The third-order valence-electron chi connectivity index (χ3n) is 3.71. The summed E-state index contributed by atoms with van der Waals surface area (Å²) in [4.78, 5) is 16.7. The number of hydrogen-bond donors (Lipinski definition) is 1. The highest BCUT2D eigenvalue weighted by molar-refractivity contribution is 8.00. The first kappa shape index (κ1) is 18.2. The lowest BCUT2D eigenvalue weighted by Crippen LogP contribution is -2.22. The van der Waals surface area contributed by atoms with Gasteiger partial charge in [0.05, 0.1) is 11.6 Å². The van der Waals surface area contributed by atoms with Crippen LogP contribution in [0.5, 0.6) is 0 Å². The van der Waals surface area contributed by atoms with Crippen LogP contribution >= 0.6 is 23.1 Å². The number of rotatable bonds is 6. The van der Waals surface area contributed by atoms with Crippen molar-refractivity contribution in [3.05, 3.63) is 81.9 Å². The number of hydrogen-bond acceptors (Lipinski definition) is 5. The summed E-state index contributed by atoms with van der Waals surface area (Å²) >= 11 is 3.36. The normalized spacial score (nSPS) is 10.3. The standard InChI is InChI=1S/C20H17N3OS2/c1-14-12-25-20(23-14)26-13-17-6-8-18(9-7-17)19(24)22-11-16-4-2-15(10-21)3-5-16/h2-9,12H,11,13H2,1H3,(H,22,24). The van der Waals surface area contributed by atoms with Crippen molar-refractivity contribution in [1.29, 1.82) is 5.26 Å². The smallest absolute Gasteiger partial charge is 0.251 e. The summed E-state index contributed by atoms with van der Waals surface area (Å²) < 4.78 is 1.06. The first-order valence-corrected chi connectivity index (χ1v) is 9.91. The van der Waals surface area contributed by atoms with E-state index in [0.29, 0.717) is 17.7 Å². The fourth-order valence-electron chi connectivity index (χ4n) is 2.28. The number of aryl methyl sites for hydroxylation is 1. The van der Waals surface area contributed by atoms with Gasteiger partial charge in [0.25, 0.3) is 5.91 Å². The van der Waals surface area contributed by atoms with Gasteiger partial charge in [-0.3, -0.25) is 4.79 Å². The van der Waals surface area contributed by atoms with Gasteiger partial charge in [0.1, 0.15) is 4.34 Å². The van der Waals surface area contributed by atoms with Crippen molar-refractivity contribution in [3.8, 4) is 6.07 Å². The molecule has 3 aromatic rings. The van der Waals surface area contributed by atoms with E-state index in [2.05, 4.69) is 16.4 Å². The lowest BCUT2D eigenvalue weighted by Gasteiger charge is -2.06. The van der Waals surface area contributed by atoms with Crippen LogP contribution in [0.3, 0.4) is 0 Å². The number of nitrogens with one attached hydrogen (secondary N) is 1. The highest BCUT2D eigenvalue weighted by Crippen LogP contribution is 2.26. The third kappa shape index (κ3) is 4.94. The highest BCUT2D eigenvalue weighted by atomic mass is 32.2. The molecule has 0 spiro atoms. The molecule has 1 N–H and O–H groups in total. The maximum absolute atomic E-state index is 12.3. The van der Waals surface area contributed by atoms with Crippen molar-refractivity contribution in [2.24, 2.45) is 0 Å². The molecule has 3 rings (SSSR count). The van der Waals surface area contributed by atoms with Crippen molar-refractivity contribution < 1.29 is 4.79 Å². The van der Waals surface area contributed by atoms with Crippen molar-refractivity contribution in [2.75, 3.05) is 0 Å². The van der Waals surface area contributed by atoms with E-state index in [1.807, 2.05) is 48.7 Å². The Bertz CT molecular complexity index is 925. The molecule has 0 aliphatic rings. The second-order valence-electron chi connectivity index (χ2n) is 5.73. The van der Waals surface area contributed by atoms with Gasteiger partial charge in [-0.2, -0.15) is 5.26 Å². The molecular weight excluding hydrogens is 362 g/mol. The number of nitrogens with zero attached hydrogens (tertiary/aromatic N) is 2. The largest absolute Gasteiger partial charge is 0.348 e. The van der Waals surface area contributed by atoms with Crippen molar-refractivity contribution in [3.63, 3.8) is 0 Å². The van der Waals surface area contributed by atoms with Crippen LogP contribution in [-0.2, 0) is 12.3 Å². The van der Waals surface area contributed by atoms with E-state index >= 15 is 0 Å². The van der Waals surface area contributed by atoms with Gasteiger partial charge in [0.2, 0.25) is 0 Å². The minimum Gasteiger partial charge on any atom is -0.348 e. The molecule has 130 valence electrons. The van der Waals surface area contributed by atoms with Crippen LogP contribution in [0, 0.1) is 18.3 Å². The zero-order chi connectivity index (χ0) is 18.4. The van der Waals surface area contributed by atoms with Crippen LogP contribution in [0.25, 0.3) is 0 Å². The molecule has 0 saturated carbocycles. The predicted octanol–water partition coefficient (Wildman–Crippen LogP) is 4.55. The minimum absolute atomic E-state index is 0.107. The van der Waals surface area contributed by atoms with Crippen LogP contribution in [0.15, 0.2) is 58.3 Å². The Hall–Kier alpha value is -2.62. The first-order chi connectivity index (χ1) is 12.6. The number of thiazole rings is 1. The Morgan fingerprint density at radius 1 is 1.15 bits per heavy atom. The number of nitriles is 1. The lowest BCUT2D eigenvalue weighted by molar-refractivity contribution is 0.0951. The van der Waals surface area contributed by atoms with Crippen LogP contribution in [0.2, 0.25) is 0 Å². The molecule has 0 unspecified atom stereocenters. The van der Waals surface area contributed by atoms with Crippen LogP contribution in [0.1, 0.15) is 32.7 Å². The number of carbonyl (C=O) groups excluding carboxylic acids is 1. The minimum atomic E-state index is -0.107. The summed E-state index contributed by atoms with van der Waals surface area (Å²) in [6.45, 7) is 2.43. The van der Waals surface area contributed by atoms with Gasteiger partial charge in [0, 0.05) is 28.9 Å². The van der Waals surface area contributed by atoms with E-state index < -0.39 is 0 Å². The SMILES string of the molecule is Cc1csc(SCc2ccc(C(=O)NCc3ccc(C#N)cc3)cc2)n1. The maximum Gasteiger partial charge on any atom is 0.251 e. The van der Waals surface area contributed by atoms with Gasteiger partial charge in [0.15, 0.2) is 0 Å². The summed E-state index contributed by atoms with van der Waals surface area (Å²) in [5.74, 6) is 0.726. The average molecular weight is 380 g/mol. The van der Waals surface area contributed by atoms with Crippen LogP contribution in [0.4, 0.5) is 0 Å². The molecule has 6 heteroatoms. The summed E-state index contributed by atoms with van der Waals surface area (Å²) in [6.07, 6.45) is 0. The van der Waals surface area contributed by atoms with Crippen molar-refractivity contribution >= 4 is 29.0 Å². The zero-order valence-corrected chi connectivity index (χ0v) is 15.9. The topological polar surface area (TPSA) is 65.8 Å². The Balaban J connectivity index is 1.52. The zero-order valence-electron chi connectivity index (χ0n) is 14.2. The lowest BCUT2D eigenvalue weighted by atomic mass is 10.1. The van der Waals surface area contributed by atoms with E-state index in [9.17, 15) is 4.79 Å². The predicted molar refractivity (Wildman–Crippen MR) is 105 cm³/mol. The van der Waals surface area contributed by atoms with E-state index in [4.69, 9.17) is 5.26 Å². The molecule has 1 aromatic heterocycles. The Morgan fingerprint density at radius 2 is 1.85 bits per heavy atom. The quantitative estimate of drug-likeness (QED) is 0.638. The Kier molecular flexibility index (Phi) is 6.05. The summed E-state index contributed by atoms with van der Waals surface area (Å²) in [5.41, 5.74) is 4.42. The fraction of sp³-hybridized carbons (Fsp3) is 0.150. The van der Waals surface area contributed by atoms with E-state index in [1.165, 1.54) is 0 Å². The maximum atomic E-state index is 12.3. The van der Waals surface area contributed by atoms with Crippen molar-refractivity contribution in [2.45, 2.75) is 23.6 Å². The Morgan fingerprint density at radius 3 is 2.46 bits per heavy atom. The number of benzene rings is 2. The molecule has 0 radical (unpaired) electrons. The number of carbonyl (C=O) groups is 1. The monoisotopic (exact) mass is 379 g/mol. The van der Waals surface area contributed by atoms with E-state index in [-0.39, 0.29) is 5.91 Å². The molecule has 0 aliphatic carbocycles. The summed E-state index contributed by atoms with van der Waals surface area (Å²) in [5, 5.41) is 13.7. The molecule has 2 aromatic carbocycles. The van der Waals surface area contributed by atoms with Gasteiger partial charge in [-0.15, -0.1) is 11.3 Å². The second-order valence-corrected chi connectivity index (χ2v) is 7.81. The van der Waals surface area contributed by atoms with E-state index in [1.54, 1.807) is 35.2 Å². The molecular formula is C20H17N3OS2. The second kappa shape index (κ2) is 8.65. The summed E-state index contributed by atoms with van der Waals surface area (Å²) in [7, 11) is 0. The van der Waals surface area contributed by atoms with Crippen LogP contribution in [-0.4, -0.2) is 10.9 Å². The molecule has 26 heavy (non-hydrogen) atoms. The fourth-order valence-corrected chi connectivity index (χ4v) is 4.08. The van der Waals surface area contributed by atoms with E-state index in [0.717, 1.165) is 26.9 Å². The highest BCUT2D eigenvalue weighted by Gasteiger charge is 2.06. The Labute approximate surface area is 160 Å². The van der Waals surface area contributed by atoms with Gasteiger partial charge in [-0.25, -0.2) is 4.98 Å². The van der Waals surface area contributed by atoms with Crippen molar-refractivity contribution in [1.82, 2.24) is 10.3 Å². The molecule has 0 fully saturated rings. The van der Waals surface area contributed by atoms with Crippen LogP contribution < -0.4 is 5.32 Å². The molecule has 0 aliphatic heterocycles. The molecule has 4 nitrogen and oxygen atoms in total. The average Bonchev–Trinajstić information content (AvgIpc) is 3.10. The van der Waals surface area contributed by atoms with Gasteiger partial charge >= 0.3 is 0 Å². The third-order valence-corrected chi connectivity index (χ3v) is 5.92.